The van der Waals surface area contributed by atoms with Crippen molar-refractivity contribution in [1.82, 2.24) is 14.6 Å². The van der Waals surface area contributed by atoms with Crippen LogP contribution in [-0.4, -0.2) is 34.4 Å². The van der Waals surface area contributed by atoms with Gasteiger partial charge < -0.3 is 10.1 Å². The molecule has 17 heavy (non-hydrogen) atoms. The Bertz CT molecular complexity index is 494. The first-order valence-electron chi connectivity index (χ1n) is 5.82. The quantitative estimate of drug-likeness (QED) is 0.858. The van der Waals surface area contributed by atoms with Crippen molar-refractivity contribution >= 4 is 11.6 Å². The summed E-state index contributed by atoms with van der Waals surface area (Å²) in [5, 5.41) is 7.70. The maximum atomic E-state index is 5.14. The van der Waals surface area contributed by atoms with Crippen molar-refractivity contribution in [1.29, 1.82) is 0 Å². The van der Waals surface area contributed by atoms with Crippen molar-refractivity contribution < 1.29 is 4.74 Å². The summed E-state index contributed by atoms with van der Waals surface area (Å²) in [6, 6.07) is 6.19. The van der Waals surface area contributed by atoms with Crippen LogP contribution in [0.3, 0.4) is 0 Å². The summed E-state index contributed by atoms with van der Waals surface area (Å²) >= 11 is 0. The van der Waals surface area contributed by atoms with Crippen molar-refractivity contribution in [3.63, 3.8) is 0 Å². The molecule has 5 nitrogen and oxygen atoms in total. The number of methoxy groups -OCH3 is 1. The van der Waals surface area contributed by atoms with Gasteiger partial charge in [-0.2, -0.15) is 4.98 Å². The van der Waals surface area contributed by atoms with Crippen LogP contribution in [0.15, 0.2) is 18.2 Å². The fraction of sp³-hybridized carbons (Fsp3) is 0.500. The Hall–Kier alpha value is -1.62. The second kappa shape index (κ2) is 5.14. The van der Waals surface area contributed by atoms with Crippen LogP contribution in [0.2, 0.25) is 0 Å². The van der Waals surface area contributed by atoms with Crippen molar-refractivity contribution in [3.05, 3.63) is 23.9 Å². The number of nitrogens with one attached hydrogen (secondary N) is 1. The van der Waals surface area contributed by atoms with E-state index in [1.807, 2.05) is 29.6 Å². The van der Waals surface area contributed by atoms with Gasteiger partial charge in [-0.1, -0.05) is 13.0 Å². The van der Waals surface area contributed by atoms with Crippen LogP contribution in [0.5, 0.6) is 0 Å². The Kier molecular flexibility index (Phi) is 3.58. The van der Waals surface area contributed by atoms with Crippen molar-refractivity contribution in [2.45, 2.75) is 26.3 Å². The number of nitrogens with zero attached hydrogens (tertiary/aromatic N) is 3. The topological polar surface area (TPSA) is 51.5 Å². The van der Waals surface area contributed by atoms with Crippen LogP contribution in [0.25, 0.3) is 5.65 Å². The highest BCUT2D eigenvalue weighted by molar-refractivity contribution is 5.44. The summed E-state index contributed by atoms with van der Waals surface area (Å²) in [6.07, 6.45) is 0.975. The molecule has 0 amide bonds. The molecule has 92 valence electrons. The van der Waals surface area contributed by atoms with Crippen molar-refractivity contribution in [3.8, 4) is 0 Å². The Labute approximate surface area is 101 Å². The highest BCUT2D eigenvalue weighted by Gasteiger charge is 2.10. The van der Waals surface area contributed by atoms with Crippen LogP contribution in [0.4, 0.5) is 5.95 Å². The maximum Gasteiger partial charge on any atom is 0.243 e. The molecule has 0 saturated heterocycles. The molecule has 2 heterocycles. The lowest BCUT2D eigenvalue weighted by Gasteiger charge is -2.13. The van der Waals surface area contributed by atoms with E-state index < -0.39 is 0 Å². The van der Waals surface area contributed by atoms with Gasteiger partial charge in [0.25, 0.3) is 0 Å². The molecule has 0 radical (unpaired) electrons. The fourth-order valence-corrected chi connectivity index (χ4v) is 1.74. The lowest BCUT2D eigenvalue weighted by molar-refractivity contribution is 0.184. The molecule has 0 aliphatic rings. The molecule has 0 bridgehead atoms. The third kappa shape index (κ3) is 2.55. The molecule has 1 unspecified atom stereocenters. The van der Waals surface area contributed by atoms with Crippen LogP contribution in [0, 0.1) is 6.92 Å². The lowest BCUT2D eigenvalue weighted by atomic mass is 10.2. The third-order valence-electron chi connectivity index (χ3n) is 2.74. The zero-order valence-electron chi connectivity index (χ0n) is 10.5. The molecule has 5 heteroatoms. The summed E-state index contributed by atoms with van der Waals surface area (Å²) in [4.78, 5) is 4.43. The summed E-state index contributed by atoms with van der Waals surface area (Å²) < 4.78 is 6.98. The Morgan fingerprint density at radius 3 is 2.94 bits per heavy atom. The molecular formula is C12H18N4O. The molecule has 0 aromatic carbocycles. The monoisotopic (exact) mass is 234 g/mol. The lowest BCUT2D eigenvalue weighted by Crippen LogP contribution is -2.24. The normalized spacial score (nSPS) is 12.9. The van der Waals surface area contributed by atoms with E-state index in [1.165, 1.54) is 0 Å². The third-order valence-corrected chi connectivity index (χ3v) is 2.74. The fourth-order valence-electron chi connectivity index (χ4n) is 1.74. The number of hydrogen-bond acceptors (Lipinski definition) is 4. The Balaban J connectivity index is 2.21. The van der Waals surface area contributed by atoms with Gasteiger partial charge in [-0.05, 0) is 25.5 Å². The van der Waals surface area contributed by atoms with Gasteiger partial charge in [0, 0.05) is 12.8 Å². The van der Waals surface area contributed by atoms with Gasteiger partial charge in [0.1, 0.15) is 0 Å². The molecule has 2 rings (SSSR count). The predicted molar refractivity (Wildman–Crippen MR) is 67.3 cm³/mol. The van der Waals surface area contributed by atoms with E-state index >= 15 is 0 Å². The summed E-state index contributed by atoms with van der Waals surface area (Å²) in [7, 11) is 1.70. The van der Waals surface area contributed by atoms with Gasteiger partial charge >= 0.3 is 0 Å². The maximum absolute atomic E-state index is 5.14. The minimum absolute atomic E-state index is 0.248. The van der Waals surface area contributed by atoms with Crippen LogP contribution in [-0.2, 0) is 4.74 Å². The standard InChI is InChI=1S/C12H18N4O/c1-4-10(8-17-3)13-12-14-11-7-5-6-9(2)16(11)15-12/h5-7,10H,4,8H2,1-3H3,(H,13,15). The number of fused-ring (bicyclic) bond motifs is 1. The van der Waals surface area contributed by atoms with Gasteiger partial charge in [0.2, 0.25) is 5.95 Å². The van der Waals surface area contributed by atoms with Crippen LogP contribution < -0.4 is 5.32 Å². The molecule has 0 saturated carbocycles. The first-order valence-corrected chi connectivity index (χ1v) is 5.82. The molecule has 2 aromatic rings. The number of hydrogen-bond donors (Lipinski definition) is 1. The highest BCUT2D eigenvalue weighted by Crippen LogP contribution is 2.09. The van der Waals surface area contributed by atoms with Gasteiger partial charge in [-0.3, -0.25) is 0 Å². The Morgan fingerprint density at radius 1 is 1.47 bits per heavy atom. The van der Waals surface area contributed by atoms with E-state index in [9.17, 15) is 0 Å². The van der Waals surface area contributed by atoms with Crippen LogP contribution in [0.1, 0.15) is 19.0 Å². The number of ether oxygens (including phenoxy) is 1. The molecule has 0 aliphatic carbocycles. The second-order valence-electron chi connectivity index (χ2n) is 4.08. The van der Waals surface area contributed by atoms with Crippen LogP contribution >= 0.6 is 0 Å². The van der Waals surface area contributed by atoms with Gasteiger partial charge in [0.05, 0.1) is 12.6 Å². The van der Waals surface area contributed by atoms with E-state index in [0.29, 0.717) is 12.6 Å². The number of aromatic nitrogens is 3. The molecule has 2 aromatic heterocycles. The van der Waals surface area contributed by atoms with Crippen molar-refractivity contribution in [2.75, 3.05) is 19.0 Å². The predicted octanol–water partition coefficient (Wildman–Crippen LogP) is 1.87. The number of anilines is 1. The number of pyridine rings is 1. The zero-order valence-corrected chi connectivity index (χ0v) is 10.5. The van der Waals surface area contributed by atoms with Crippen molar-refractivity contribution in [2.24, 2.45) is 0 Å². The Morgan fingerprint density at radius 2 is 2.29 bits per heavy atom. The molecular weight excluding hydrogens is 216 g/mol. The number of rotatable bonds is 5. The van der Waals surface area contributed by atoms with Gasteiger partial charge in [-0.25, -0.2) is 4.52 Å². The van der Waals surface area contributed by atoms with E-state index in [1.54, 1.807) is 7.11 Å². The molecule has 0 fully saturated rings. The zero-order chi connectivity index (χ0) is 12.3. The first kappa shape index (κ1) is 11.9. The van der Waals surface area contributed by atoms with Gasteiger partial charge in [0.15, 0.2) is 5.65 Å². The molecule has 1 atom stereocenters. The largest absolute Gasteiger partial charge is 0.383 e. The summed E-state index contributed by atoms with van der Waals surface area (Å²) in [5.41, 5.74) is 1.93. The average Bonchev–Trinajstić information content (AvgIpc) is 2.72. The smallest absolute Gasteiger partial charge is 0.243 e. The summed E-state index contributed by atoms with van der Waals surface area (Å²) in [5.74, 6) is 0.656. The van der Waals surface area contributed by atoms with E-state index in [4.69, 9.17) is 4.74 Å². The van der Waals surface area contributed by atoms with E-state index in [2.05, 4.69) is 22.3 Å². The highest BCUT2D eigenvalue weighted by atomic mass is 16.5. The van der Waals surface area contributed by atoms with Gasteiger partial charge in [-0.15, -0.1) is 5.10 Å². The SMILES string of the molecule is CCC(COC)Nc1nc2cccc(C)n2n1. The minimum Gasteiger partial charge on any atom is -0.383 e. The van der Waals surface area contributed by atoms with E-state index in [-0.39, 0.29) is 6.04 Å². The molecule has 1 N–H and O–H groups in total. The number of aryl methyl sites for hydroxylation is 1. The average molecular weight is 234 g/mol. The summed E-state index contributed by atoms with van der Waals surface area (Å²) in [6.45, 7) is 4.78. The van der Waals surface area contributed by atoms with E-state index in [0.717, 1.165) is 17.8 Å². The second-order valence-corrected chi connectivity index (χ2v) is 4.08. The first-order chi connectivity index (χ1) is 8.24. The molecule has 0 aliphatic heterocycles. The molecule has 0 spiro atoms. The minimum atomic E-state index is 0.248.